The van der Waals surface area contributed by atoms with Crippen LogP contribution in [0.5, 0.6) is 0 Å². The van der Waals surface area contributed by atoms with Crippen molar-refractivity contribution >= 4 is 33.8 Å². The minimum atomic E-state index is -0.478. The Morgan fingerprint density at radius 2 is 2.00 bits per heavy atom. The predicted molar refractivity (Wildman–Crippen MR) is 55.2 cm³/mol. The minimum Gasteiger partial charge on any atom is -0.278 e. The molecule has 78 valence electrons. The largest absolute Gasteiger partial charge is 0.330 e. The zero-order chi connectivity index (χ0) is 10.8. The van der Waals surface area contributed by atoms with Crippen LogP contribution in [0.3, 0.4) is 0 Å². The Labute approximate surface area is 93.8 Å². The maximum absolute atomic E-state index is 11.4. The standard InChI is InChI=1S/C8H7BrN4O2/c9-5-3-10-7(11-4-5)13-2-1-6(14)12-8(13)15/h3-4H,1-2H2,(H,12,14,15). The van der Waals surface area contributed by atoms with Crippen LogP contribution in [-0.2, 0) is 4.79 Å². The van der Waals surface area contributed by atoms with Gasteiger partial charge in [0.2, 0.25) is 11.9 Å². The van der Waals surface area contributed by atoms with Gasteiger partial charge in [-0.25, -0.2) is 14.8 Å². The summed E-state index contributed by atoms with van der Waals surface area (Å²) in [7, 11) is 0. The van der Waals surface area contributed by atoms with E-state index < -0.39 is 6.03 Å². The Balaban J connectivity index is 2.20. The van der Waals surface area contributed by atoms with Crippen LogP contribution in [0.25, 0.3) is 0 Å². The van der Waals surface area contributed by atoms with E-state index in [2.05, 4.69) is 31.2 Å². The van der Waals surface area contributed by atoms with Gasteiger partial charge in [-0.3, -0.25) is 15.0 Å². The van der Waals surface area contributed by atoms with E-state index >= 15 is 0 Å². The van der Waals surface area contributed by atoms with E-state index in [0.29, 0.717) is 12.5 Å². The van der Waals surface area contributed by atoms with Gasteiger partial charge in [0, 0.05) is 25.4 Å². The molecule has 1 fully saturated rings. The number of urea groups is 1. The van der Waals surface area contributed by atoms with Crippen molar-refractivity contribution in [1.29, 1.82) is 0 Å². The number of aromatic nitrogens is 2. The summed E-state index contributed by atoms with van der Waals surface area (Å²) in [5, 5.41) is 2.20. The smallest absolute Gasteiger partial charge is 0.278 e. The Hall–Kier alpha value is -1.50. The highest BCUT2D eigenvalue weighted by atomic mass is 79.9. The molecule has 1 saturated heterocycles. The highest BCUT2D eigenvalue weighted by molar-refractivity contribution is 9.10. The van der Waals surface area contributed by atoms with E-state index in [1.165, 1.54) is 4.90 Å². The molecule has 6 nitrogen and oxygen atoms in total. The van der Waals surface area contributed by atoms with Crippen molar-refractivity contribution in [3.8, 4) is 0 Å². The number of hydrogen-bond donors (Lipinski definition) is 1. The quantitative estimate of drug-likeness (QED) is 0.815. The van der Waals surface area contributed by atoms with Crippen LogP contribution in [0.2, 0.25) is 0 Å². The predicted octanol–water partition coefficient (Wildman–Crippen LogP) is 0.685. The molecular formula is C8H7BrN4O2. The Morgan fingerprint density at radius 3 is 2.60 bits per heavy atom. The lowest BCUT2D eigenvalue weighted by molar-refractivity contribution is -0.120. The third-order valence-corrected chi connectivity index (χ3v) is 2.31. The summed E-state index contributed by atoms with van der Waals surface area (Å²) in [6, 6.07) is -0.478. The van der Waals surface area contributed by atoms with Crippen molar-refractivity contribution in [2.75, 3.05) is 11.4 Å². The lowest BCUT2D eigenvalue weighted by Crippen LogP contribution is -2.50. The topological polar surface area (TPSA) is 75.2 Å². The second kappa shape index (κ2) is 3.93. The van der Waals surface area contributed by atoms with Crippen LogP contribution < -0.4 is 10.2 Å². The van der Waals surface area contributed by atoms with Crippen LogP contribution >= 0.6 is 15.9 Å². The number of carbonyl (C=O) groups is 2. The first kappa shape index (κ1) is 10.0. The number of halogens is 1. The fourth-order valence-electron chi connectivity index (χ4n) is 1.20. The van der Waals surface area contributed by atoms with Gasteiger partial charge >= 0.3 is 6.03 Å². The van der Waals surface area contributed by atoms with Crippen molar-refractivity contribution in [3.63, 3.8) is 0 Å². The molecule has 2 heterocycles. The van der Waals surface area contributed by atoms with Crippen LogP contribution in [0.4, 0.5) is 10.7 Å². The third-order valence-electron chi connectivity index (χ3n) is 1.90. The Bertz CT molecular complexity index is 406. The van der Waals surface area contributed by atoms with E-state index in [0.717, 1.165) is 4.47 Å². The molecule has 1 aromatic heterocycles. The maximum Gasteiger partial charge on any atom is 0.330 e. The number of imide groups is 1. The lowest BCUT2D eigenvalue weighted by atomic mass is 10.3. The number of nitrogens with zero attached hydrogens (tertiary/aromatic N) is 3. The molecule has 1 N–H and O–H groups in total. The Morgan fingerprint density at radius 1 is 1.33 bits per heavy atom. The zero-order valence-electron chi connectivity index (χ0n) is 7.61. The lowest BCUT2D eigenvalue weighted by Gasteiger charge is -2.24. The summed E-state index contributed by atoms with van der Waals surface area (Å²) in [6.07, 6.45) is 3.36. The molecule has 1 aliphatic rings. The van der Waals surface area contributed by atoms with Gasteiger partial charge in [-0.2, -0.15) is 0 Å². The summed E-state index contributed by atoms with van der Waals surface area (Å²) in [6.45, 7) is 0.312. The number of amides is 3. The molecule has 15 heavy (non-hydrogen) atoms. The summed E-state index contributed by atoms with van der Waals surface area (Å²) in [5.41, 5.74) is 0. The molecule has 0 bridgehead atoms. The van der Waals surface area contributed by atoms with Gasteiger partial charge in [0.1, 0.15) is 0 Å². The van der Waals surface area contributed by atoms with Crippen molar-refractivity contribution in [1.82, 2.24) is 15.3 Å². The summed E-state index contributed by atoms with van der Waals surface area (Å²) >= 11 is 3.20. The molecule has 0 aromatic carbocycles. The zero-order valence-corrected chi connectivity index (χ0v) is 9.19. The van der Waals surface area contributed by atoms with E-state index in [-0.39, 0.29) is 12.3 Å². The van der Waals surface area contributed by atoms with Crippen LogP contribution in [0.15, 0.2) is 16.9 Å². The first-order valence-electron chi connectivity index (χ1n) is 4.26. The van der Waals surface area contributed by atoms with E-state index in [1.807, 2.05) is 0 Å². The number of carbonyl (C=O) groups excluding carboxylic acids is 2. The van der Waals surface area contributed by atoms with Crippen LogP contribution in [0.1, 0.15) is 6.42 Å². The molecule has 3 amide bonds. The molecule has 0 spiro atoms. The molecule has 0 atom stereocenters. The monoisotopic (exact) mass is 270 g/mol. The summed E-state index contributed by atoms with van der Waals surface area (Å²) in [4.78, 5) is 31.6. The maximum atomic E-state index is 11.4. The van der Waals surface area contributed by atoms with Gasteiger partial charge in [-0.05, 0) is 15.9 Å². The summed E-state index contributed by atoms with van der Waals surface area (Å²) < 4.78 is 0.736. The average molecular weight is 271 g/mol. The number of rotatable bonds is 1. The fourth-order valence-corrected chi connectivity index (χ4v) is 1.40. The fraction of sp³-hybridized carbons (Fsp3) is 0.250. The second-order valence-corrected chi connectivity index (χ2v) is 3.87. The van der Waals surface area contributed by atoms with E-state index in [1.54, 1.807) is 12.4 Å². The van der Waals surface area contributed by atoms with Crippen molar-refractivity contribution < 1.29 is 9.59 Å². The van der Waals surface area contributed by atoms with Gasteiger partial charge in [0.25, 0.3) is 0 Å². The van der Waals surface area contributed by atoms with E-state index in [9.17, 15) is 9.59 Å². The third kappa shape index (κ3) is 2.12. The van der Waals surface area contributed by atoms with Crippen LogP contribution in [0, 0.1) is 0 Å². The van der Waals surface area contributed by atoms with Gasteiger partial charge < -0.3 is 0 Å². The Kier molecular flexibility index (Phi) is 2.63. The number of anilines is 1. The number of hydrogen-bond acceptors (Lipinski definition) is 4. The van der Waals surface area contributed by atoms with Crippen molar-refractivity contribution in [3.05, 3.63) is 16.9 Å². The molecule has 0 unspecified atom stereocenters. The second-order valence-electron chi connectivity index (χ2n) is 2.96. The molecule has 1 aliphatic heterocycles. The van der Waals surface area contributed by atoms with Crippen molar-refractivity contribution in [2.45, 2.75) is 6.42 Å². The highest BCUT2D eigenvalue weighted by Crippen LogP contribution is 2.13. The minimum absolute atomic E-state index is 0.269. The highest BCUT2D eigenvalue weighted by Gasteiger charge is 2.25. The normalized spacial score (nSPS) is 16.5. The number of nitrogens with one attached hydrogen (secondary N) is 1. The summed E-state index contributed by atoms with van der Waals surface area (Å²) in [5.74, 6) is 0.0246. The molecule has 1 aromatic rings. The average Bonchev–Trinajstić information content (AvgIpc) is 2.20. The van der Waals surface area contributed by atoms with Crippen LogP contribution in [-0.4, -0.2) is 28.5 Å². The van der Waals surface area contributed by atoms with Gasteiger partial charge in [0.05, 0.1) is 4.47 Å². The van der Waals surface area contributed by atoms with Crippen molar-refractivity contribution in [2.24, 2.45) is 0 Å². The van der Waals surface area contributed by atoms with Gasteiger partial charge in [0.15, 0.2) is 0 Å². The SMILES string of the molecule is O=C1CCN(c2ncc(Br)cn2)C(=O)N1. The molecule has 0 radical (unpaired) electrons. The first-order chi connectivity index (χ1) is 7.16. The first-order valence-corrected chi connectivity index (χ1v) is 5.05. The molecule has 7 heteroatoms. The molecule has 0 aliphatic carbocycles. The van der Waals surface area contributed by atoms with Gasteiger partial charge in [-0.15, -0.1) is 0 Å². The molecular weight excluding hydrogens is 264 g/mol. The molecule has 0 saturated carbocycles. The van der Waals surface area contributed by atoms with Gasteiger partial charge in [-0.1, -0.05) is 0 Å². The molecule has 2 rings (SSSR count). The van der Waals surface area contributed by atoms with E-state index in [4.69, 9.17) is 0 Å².